The predicted molar refractivity (Wildman–Crippen MR) is 135 cm³/mol. The van der Waals surface area contributed by atoms with Crippen molar-refractivity contribution < 1.29 is 39.7 Å². The zero-order chi connectivity index (χ0) is 26.3. The number of hydrogen-bond acceptors (Lipinski definition) is 6. The van der Waals surface area contributed by atoms with Gasteiger partial charge in [0.1, 0.15) is 24.9 Å². The smallest absolute Gasteiger partial charge is 0.335 e. The SMILES string of the molecule is CCCCCCCCCCCCCCCC[n+]1ccccc1.O=CC(O)C(O)C(O)C(O)C(=O)O. The number of pyridine rings is 1. The summed E-state index contributed by atoms with van der Waals surface area (Å²) in [5, 5.41) is 43.2. The van der Waals surface area contributed by atoms with Crippen molar-refractivity contribution in [2.45, 2.75) is 128 Å². The van der Waals surface area contributed by atoms with Gasteiger partial charge in [-0.25, -0.2) is 9.36 Å². The van der Waals surface area contributed by atoms with Crippen molar-refractivity contribution in [1.29, 1.82) is 0 Å². The molecule has 4 atom stereocenters. The topological polar surface area (TPSA) is 139 Å². The number of aliphatic hydroxyl groups is 4. The molecule has 1 heterocycles. The van der Waals surface area contributed by atoms with E-state index in [1.807, 2.05) is 0 Å². The number of unbranched alkanes of at least 4 members (excludes halogenated alkanes) is 13. The molecular formula is C27H48NO7+. The zero-order valence-electron chi connectivity index (χ0n) is 21.4. The molecule has 0 aliphatic rings. The molecule has 0 aliphatic heterocycles. The third kappa shape index (κ3) is 18.1. The lowest BCUT2D eigenvalue weighted by Gasteiger charge is -2.21. The highest BCUT2D eigenvalue weighted by atomic mass is 16.4. The van der Waals surface area contributed by atoms with Crippen molar-refractivity contribution in [3.8, 4) is 0 Å². The van der Waals surface area contributed by atoms with Crippen LogP contribution in [-0.4, -0.2) is 62.2 Å². The molecule has 1 rings (SSSR count). The van der Waals surface area contributed by atoms with Gasteiger partial charge in [0.05, 0.1) is 0 Å². The average molecular weight is 499 g/mol. The van der Waals surface area contributed by atoms with Gasteiger partial charge in [-0.1, -0.05) is 90.0 Å². The minimum atomic E-state index is -2.25. The maximum absolute atomic E-state index is 10.1. The number of carboxylic acids is 1. The predicted octanol–water partition coefficient (Wildman–Crippen LogP) is 3.17. The molecule has 0 fully saturated rings. The van der Waals surface area contributed by atoms with Crippen LogP contribution in [0.4, 0.5) is 0 Å². The molecule has 0 saturated carbocycles. The second kappa shape index (κ2) is 22.6. The minimum absolute atomic E-state index is 0.0809. The fraction of sp³-hybridized carbons (Fsp3) is 0.741. The number of aldehydes is 1. The number of carbonyl (C=O) groups is 2. The molecule has 0 amide bonds. The first kappa shape index (κ1) is 33.1. The van der Waals surface area contributed by atoms with E-state index in [9.17, 15) is 9.59 Å². The van der Waals surface area contributed by atoms with Crippen molar-refractivity contribution in [1.82, 2.24) is 0 Å². The van der Waals surface area contributed by atoms with Gasteiger partial charge in [-0.2, -0.15) is 0 Å². The molecule has 0 radical (unpaired) electrons. The van der Waals surface area contributed by atoms with Crippen LogP contribution >= 0.6 is 0 Å². The van der Waals surface area contributed by atoms with Crippen LogP contribution in [0, 0.1) is 0 Å². The molecule has 8 nitrogen and oxygen atoms in total. The number of nitrogens with zero attached hydrogens (tertiary/aromatic N) is 1. The summed E-state index contributed by atoms with van der Waals surface area (Å²) in [6.07, 6.45) is 16.0. The van der Waals surface area contributed by atoms with Gasteiger partial charge in [-0.15, -0.1) is 0 Å². The van der Waals surface area contributed by atoms with Crippen LogP contribution in [0.15, 0.2) is 30.6 Å². The Morgan fingerprint density at radius 3 is 1.54 bits per heavy atom. The summed E-state index contributed by atoms with van der Waals surface area (Å²) >= 11 is 0. The van der Waals surface area contributed by atoms with E-state index in [4.69, 9.17) is 25.5 Å². The number of aliphatic hydroxyl groups excluding tert-OH is 4. The van der Waals surface area contributed by atoms with E-state index in [1.165, 1.54) is 96.4 Å². The second-order valence-electron chi connectivity index (χ2n) is 9.10. The summed E-state index contributed by atoms with van der Waals surface area (Å²) in [5.41, 5.74) is 0. The van der Waals surface area contributed by atoms with Crippen molar-refractivity contribution in [2.24, 2.45) is 0 Å². The highest BCUT2D eigenvalue weighted by Crippen LogP contribution is 2.12. The Hall–Kier alpha value is -1.87. The summed E-state index contributed by atoms with van der Waals surface area (Å²) in [5.74, 6) is -1.76. The molecule has 1 aromatic rings. The largest absolute Gasteiger partial charge is 0.479 e. The Kier molecular flexibility index (Phi) is 21.4. The fourth-order valence-corrected chi connectivity index (χ4v) is 3.69. The lowest BCUT2D eigenvalue weighted by atomic mass is 10.0. The van der Waals surface area contributed by atoms with Crippen molar-refractivity contribution in [3.63, 3.8) is 0 Å². The lowest BCUT2D eigenvalue weighted by molar-refractivity contribution is -0.697. The summed E-state index contributed by atoms with van der Waals surface area (Å²) in [7, 11) is 0. The highest BCUT2D eigenvalue weighted by molar-refractivity contribution is 5.73. The van der Waals surface area contributed by atoms with Gasteiger partial charge in [0.2, 0.25) is 0 Å². The van der Waals surface area contributed by atoms with Gasteiger partial charge in [-0.3, -0.25) is 0 Å². The summed E-state index contributed by atoms with van der Waals surface area (Å²) in [6.45, 7) is 3.47. The van der Waals surface area contributed by atoms with Crippen LogP contribution in [0.2, 0.25) is 0 Å². The standard InChI is InChI=1S/C21H38N.C6H10O7/c1-2-3-4-5-6-7-8-9-10-11-12-13-14-16-19-22-20-17-15-18-21-22;7-1-2(8)3(9)4(10)5(11)6(12)13/h15,17-18,20-21H,2-14,16,19H2,1H3;1-5,8-11H,(H,12,13)/q+1;. The zero-order valence-corrected chi connectivity index (χ0v) is 21.4. The Labute approximate surface area is 210 Å². The third-order valence-corrected chi connectivity index (χ3v) is 5.96. The summed E-state index contributed by atoms with van der Waals surface area (Å²) in [6, 6.07) is 6.31. The number of hydrogen-bond donors (Lipinski definition) is 5. The van der Waals surface area contributed by atoms with Crippen molar-refractivity contribution in [2.75, 3.05) is 0 Å². The van der Waals surface area contributed by atoms with Gasteiger partial charge in [0.15, 0.2) is 24.8 Å². The van der Waals surface area contributed by atoms with Gasteiger partial charge in [-0.05, 0) is 6.42 Å². The monoisotopic (exact) mass is 498 g/mol. The molecule has 35 heavy (non-hydrogen) atoms. The first-order valence-electron chi connectivity index (χ1n) is 13.2. The number of rotatable bonds is 20. The molecule has 1 aromatic heterocycles. The molecule has 0 saturated heterocycles. The second-order valence-corrected chi connectivity index (χ2v) is 9.10. The van der Waals surface area contributed by atoms with E-state index in [0.717, 1.165) is 0 Å². The van der Waals surface area contributed by atoms with Crippen LogP contribution in [0.1, 0.15) is 96.8 Å². The van der Waals surface area contributed by atoms with E-state index < -0.39 is 30.4 Å². The molecule has 0 aromatic carbocycles. The Morgan fingerprint density at radius 1 is 0.714 bits per heavy atom. The van der Waals surface area contributed by atoms with Gasteiger partial charge in [0, 0.05) is 18.6 Å². The Morgan fingerprint density at radius 2 is 1.14 bits per heavy atom. The Balaban J connectivity index is 0.000000761. The molecule has 202 valence electrons. The third-order valence-electron chi connectivity index (χ3n) is 5.96. The number of carboxylic acid groups (broad SMARTS) is 1. The van der Waals surface area contributed by atoms with Gasteiger partial charge >= 0.3 is 5.97 Å². The van der Waals surface area contributed by atoms with Crippen LogP contribution in [0.5, 0.6) is 0 Å². The van der Waals surface area contributed by atoms with E-state index in [0.29, 0.717) is 0 Å². The highest BCUT2D eigenvalue weighted by Gasteiger charge is 2.34. The molecule has 0 spiro atoms. The van der Waals surface area contributed by atoms with Crippen LogP contribution in [0.3, 0.4) is 0 Å². The van der Waals surface area contributed by atoms with Crippen LogP contribution in [0.25, 0.3) is 0 Å². The lowest BCUT2D eigenvalue weighted by Crippen LogP contribution is -2.48. The molecule has 0 aliphatic carbocycles. The van der Waals surface area contributed by atoms with E-state index >= 15 is 0 Å². The van der Waals surface area contributed by atoms with Gasteiger partial charge < -0.3 is 30.3 Å². The quantitative estimate of drug-likeness (QED) is 0.106. The molecule has 8 heteroatoms. The van der Waals surface area contributed by atoms with Crippen LogP contribution in [-0.2, 0) is 16.1 Å². The summed E-state index contributed by atoms with van der Waals surface area (Å²) < 4.78 is 2.29. The first-order chi connectivity index (χ1) is 16.8. The van der Waals surface area contributed by atoms with E-state index in [-0.39, 0.29) is 6.29 Å². The maximum Gasteiger partial charge on any atom is 0.335 e. The van der Waals surface area contributed by atoms with E-state index in [1.54, 1.807) is 0 Å². The molecular weight excluding hydrogens is 450 g/mol. The normalized spacial score (nSPS) is 14.3. The molecule has 0 bridgehead atoms. The number of carbonyl (C=O) groups excluding carboxylic acids is 1. The number of aryl methyl sites for hydroxylation is 1. The molecule has 5 N–H and O–H groups in total. The summed E-state index contributed by atoms with van der Waals surface area (Å²) in [4.78, 5) is 20.0. The fourth-order valence-electron chi connectivity index (χ4n) is 3.69. The van der Waals surface area contributed by atoms with Crippen LogP contribution < -0.4 is 4.57 Å². The Bertz CT molecular complexity index is 629. The first-order valence-corrected chi connectivity index (χ1v) is 13.2. The number of aliphatic carboxylic acids is 1. The van der Waals surface area contributed by atoms with Crippen molar-refractivity contribution in [3.05, 3.63) is 30.6 Å². The molecule has 4 unspecified atom stereocenters. The maximum atomic E-state index is 10.1. The average Bonchev–Trinajstić information content (AvgIpc) is 2.88. The number of aromatic nitrogens is 1. The van der Waals surface area contributed by atoms with Crippen molar-refractivity contribution >= 4 is 12.3 Å². The van der Waals surface area contributed by atoms with E-state index in [2.05, 4.69) is 42.1 Å². The van der Waals surface area contributed by atoms with Gasteiger partial charge in [0.25, 0.3) is 0 Å². The minimum Gasteiger partial charge on any atom is -0.479 e.